The van der Waals surface area contributed by atoms with E-state index in [0.29, 0.717) is 0 Å². The van der Waals surface area contributed by atoms with Crippen LogP contribution in [0.5, 0.6) is 0 Å². The Morgan fingerprint density at radius 3 is 2.67 bits per heavy atom. The van der Waals surface area contributed by atoms with Crippen LogP contribution < -0.4 is 5.73 Å². The molecule has 0 radical (unpaired) electrons. The van der Waals surface area contributed by atoms with Crippen LogP contribution in [0.25, 0.3) is 0 Å². The molecule has 0 aromatic heterocycles. The van der Waals surface area contributed by atoms with Gasteiger partial charge in [-0.25, -0.2) is 4.39 Å². The third kappa shape index (κ3) is 1.83. The van der Waals surface area contributed by atoms with E-state index in [4.69, 9.17) is 5.73 Å². The van der Waals surface area contributed by atoms with Crippen molar-refractivity contribution >= 4 is 0 Å². The zero-order chi connectivity index (χ0) is 9.14. The van der Waals surface area contributed by atoms with E-state index in [9.17, 15) is 4.39 Å². The first-order valence-electron chi connectivity index (χ1n) is 4.04. The van der Waals surface area contributed by atoms with Gasteiger partial charge in [0.1, 0.15) is 6.67 Å². The van der Waals surface area contributed by atoms with Crippen molar-refractivity contribution in [2.75, 3.05) is 6.67 Å². The van der Waals surface area contributed by atoms with Crippen molar-refractivity contribution in [2.24, 2.45) is 5.73 Å². The van der Waals surface area contributed by atoms with Crippen molar-refractivity contribution in [3.05, 3.63) is 34.9 Å². The van der Waals surface area contributed by atoms with Crippen LogP contribution in [0.1, 0.15) is 22.7 Å². The summed E-state index contributed by atoms with van der Waals surface area (Å²) in [4.78, 5) is 0. The molecule has 1 rings (SSSR count). The molecule has 0 fully saturated rings. The maximum Gasteiger partial charge on any atom is 0.109 e. The number of hydrogen-bond donors (Lipinski definition) is 1. The second-order valence-corrected chi connectivity index (χ2v) is 3.12. The molecule has 1 nitrogen and oxygen atoms in total. The second-order valence-electron chi connectivity index (χ2n) is 3.12. The SMILES string of the molecule is Cc1ccc(C)c([C@H](N)CF)c1. The first-order chi connectivity index (χ1) is 5.65. The Labute approximate surface area is 72.4 Å². The fourth-order valence-electron chi connectivity index (χ4n) is 1.24. The first-order valence-corrected chi connectivity index (χ1v) is 4.04. The predicted octanol–water partition coefficient (Wildman–Crippen LogP) is 2.27. The van der Waals surface area contributed by atoms with Gasteiger partial charge in [0.15, 0.2) is 0 Å². The molecule has 66 valence electrons. The zero-order valence-electron chi connectivity index (χ0n) is 7.47. The van der Waals surface area contributed by atoms with Gasteiger partial charge in [-0.05, 0) is 25.0 Å². The van der Waals surface area contributed by atoms with Crippen molar-refractivity contribution in [2.45, 2.75) is 19.9 Å². The summed E-state index contributed by atoms with van der Waals surface area (Å²) in [5, 5.41) is 0. The van der Waals surface area contributed by atoms with E-state index in [1.54, 1.807) is 0 Å². The molecule has 2 N–H and O–H groups in total. The number of alkyl halides is 1. The standard InChI is InChI=1S/C10H14FN/c1-7-3-4-8(2)9(5-7)10(12)6-11/h3-5,10H,6,12H2,1-2H3/t10-/m1/s1. The van der Waals surface area contributed by atoms with Crippen molar-refractivity contribution < 1.29 is 4.39 Å². The van der Waals surface area contributed by atoms with Gasteiger partial charge >= 0.3 is 0 Å². The Bertz CT molecular complexity index is 271. The molecule has 0 saturated carbocycles. The van der Waals surface area contributed by atoms with Gasteiger partial charge in [0, 0.05) is 0 Å². The number of halogens is 1. The Kier molecular flexibility index (Phi) is 2.82. The maximum absolute atomic E-state index is 12.3. The van der Waals surface area contributed by atoms with E-state index in [2.05, 4.69) is 0 Å². The molecule has 0 aliphatic heterocycles. The Morgan fingerprint density at radius 1 is 1.42 bits per heavy atom. The van der Waals surface area contributed by atoms with E-state index >= 15 is 0 Å². The van der Waals surface area contributed by atoms with Crippen LogP contribution in [0, 0.1) is 13.8 Å². The average Bonchev–Trinajstić information content (AvgIpc) is 2.08. The number of hydrogen-bond acceptors (Lipinski definition) is 1. The molecule has 0 amide bonds. The van der Waals surface area contributed by atoms with E-state index in [0.717, 1.165) is 16.7 Å². The number of rotatable bonds is 2. The summed E-state index contributed by atoms with van der Waals surface area (Å²) in [6, 6.07) is 5.45. The lowest BCUT2D eigenvalue weighted by molar-refractivity contribution is 0.436. The van der Waals surface area contributed by atoms with Gasteiger partial charge in [0.2, 0.25) is 0 Å². The maximum atomic E-state index is 12.3. The van der Waals surface area contributed by atoms with Crippen LogP contribution in [0.2, 0.25) is 0 Å². The molecule has 0 aliphatic rings. The monoisotopic (exact) mass is 167 g/mol. The third-order valence-electron chi connectivity index (χ3n) is 2.00. The zero-order valence-corrected chi connectivity index (χ0v) is 7.47. The van der Waals surface area contributed by atoms with E-state index in [1.807, 2.05) is 32.0 Å². The van der Waals surface area contributed by atoms with Gasteiger partial charge in [-0.2, -0.15) is 0 Å². The van der Waals surface area contributed by atoms with Gasteiger partial charge in [-0.1, -0.05) is 23.8 Å². The van der Waals surface area contributed by atoms with E-state index in [-0.39, 0.29) is 0 Å². The summed E-state index contributed by atoms with van der Waals surface area (Å²) in [6.07, 6.45) is 0. The van der Waals surface area contributed by atoms with Crippen LogP contribution >= 0.6 is 0 Å². The minimum absolute atomic E-state index is 0.468. The van der Waals surface area contributed by atoms with Gasteiger partial charge in [-0.3, -0.25) is 0 Å². The summed E-state index contributed by atoms with van der Waals surface area (Å²) in [5.74, 6) is 0. The van der Waals surface area contributed by atoms with Gasteiger partial charge < -0.3 is 5.73 Å². The Hall–Kier alpha value is -0.890. The molecule has 0 saturated heterocycles. The van der Waals surface area contributed by atoms with Crippen LogP contribution in [0.3, 0.4) is 0 Å². The highest BCUT2D eigenvalue weighted by atomic mass is 19.1. The van der Waals surface area contributed by atoms with Gasteiger partial charge in [0.05, 0.1) is 6.04 Å². The fourth-order valence-corrected chi connectivity index (χ4v) is 1.24. The lowest BCUT2D eigenvalue weighted by atomic mass is 10.0. The summed E-state index contributed by atoms with van der Waals surface area (Å²) in [7, 11) is 0. The van der Waals surface area contributed by atoms with E-state index in [1.165, 1.54) is 0 Å². The molecule has 12 heavy (non-hydrogen) atoms. The molecule has 0 spiro atoms. The topological polar surface area (TPSA) is 26.0 Å². The van der Waals surface area contributed by atoms with Gasteiger partial charge in [0.25, 0.3) is 0 Å². The molecular weight excluding hydrogens is 153 g/mol. The lowest BCUT2D eigenvalue weighted by Crippen LogP contribution is -2.13. The predicted molar refractivity (Wildman–Crippen MR) is 48.8 cm³/mol. The second kappa shape index (κ2) is 3.68. The molecule has 1 atom stereocenters. The summed E-state index contributed by atoms with van der Waals surface area (Å²) in [5.41, 5.74) is 8.69. The lowest BCUT2D eigenvalue weighted by Gasteiger charge is -2.11. The summed E-state index contributed by atoms with van der Waals surface area (Å²) < 4.78 is 12.3. The minimum atomic E-state index is -0.496. The molecule has 0 heterocycles. The first kappa shape index (κ1) is 9.20. The summed E-state index contributed by atoms with van der Waals surface area (Å²) in [6.45, 7) is 3.43. The quantitative estimate of drug-likeness (QED) is 0.718. The van der Waals surface area contributed by atoms with Crippen molar-refractivity contribution in [1.29, 1.82) is 0 Å². The van der Waals surface area contributed by atoms with Crippen LogP contribution in [0.15, 0.2) is 18.2 Å². The number of nitrogens with two attached hydrogens (primary N) is 1. The van der Waals surface area contributed by atoms with Crippen molar-refractivity contribution in [1.82, 2.24) is 0 Å². The molecule has 1 aromatic carbocycles. The van der Waals surface area contributed by atoms with Crippen molar-refractivity contribution in [3.63, 3.8) is 0 Å². The Morgan fingerprint density at radius 2 is 2.08 bits per heavy atom. The normalized spacial score (nSPS) is 13.0. The van der Waals surface area contributed by atoms with Crippen molar-refractivity contribution in [3.8, 4) is 0 Å². The molecule has 0 unspecified atom stereocenters. The number of aryl methyl sites for hydroxylation is 2. The summed E-state index contributed by atoms with van der Waals surface area (Å²) >= 11 is 0. The van der Waals surface area contributed by atoms with Crippen LogP contribution in [-0.4, -0.2) is 6.67 Å². The smallest absolute Gasteiger partial charge is 0.109 e. The minimum Gasteiger partial charge on any atom is -0.322 e. The molecule has 2 heteroatoms. The third-order valence-corrected chi connectivity index (χ3v) is 2.00. The average molecular weight is 167 g/mol. The highest BCUT2D eigenvalue weighted by molar-refractivity contribution is 5.32. The largest absolute Gasteiger partial charge is 0.322 e. The van der Waals surface area contributed by atoms with Crippen LogP contribution in [0.4, 0.5) is 4.39 Å². The molecule has 1 aromatic rings. The Balaban J connectivity index is 3.04. The molecule has 0 aliphatic carbocycles. The molecule has 0 bridgehead atoms. The number of benzene rings is 1. The van der Waals surface area contributed by atoms with Gasteiger partial charge in [-0.15, -0.1) is 0 Å². The highest BCUT2D eigenvalue weighted by Crippen LogP contribution is 2.17. The highest BCUT2D eigenvalue weighted by Gasteiger charge is 2.07. The molecular formula is C10H14FN. The fraction of sp³-hybridized carbons (Fsp3) is 0.400. The van der Waals surface area contributed by atoms with E-state index < -0.39 is 12.7 Å². The van der Waals surface area contributed by atoms with Crippen LogP contribution in [-0.2, 0) is 0 Å².